The van der Waals surface area contributed by atoms with Gasteiger partial charge in [0.2, 0.25) is 11.3 Å². The van der Waals surface area contributed by atoms with Gasteiger partial charge in [0.25, 0.3) is 0 Å². The molecular formula is C21H22N4O3S. The number of benzene rings is 1. The van der Waals surface area contributed by atoms with E-state index in [9.17, 15) is 9.59 Å². The van der Waals surface area contributed by atoms with Crippen LogP contribution in [0.4, 0.5) is 5.69 Å². The zero-order valence-electron chi connectivity index (χ0n) is 16.4. The fourth-order valence-corrected chi connectivity index (χ4v) is 4.40. The van der Waals surface area contributed by atoms with E-state index in [0.717, 1.165) is 23.0 Å². The molecule has 150 valence electrons. The summed E-state index contributed by atoms with van der Waals surface area (Å²) in [4.78, 5) is 31.5. The molecule has 1 aromatic carbocycles. The number of amides is 1. The van der Waals surface area contributed by atoms with Gasteiger partial charge in [0.15, 0.2) is 10.9 Å². The van der Waals surface area contributed by atoms with E-state index < -0.39 is 0 Å². The van der Waals surface area contributed by atoms with Crippen molar-refractivity contribution in [3.05, 3.63) is 70.4 Å². The minimum absolute atomic E-state index is 0.0103. The van der Waals surface area contributed by atoms with Gasteiger partial charge in [0, 0.05) is 49.2 Å². The lowest BCUT2D eigenvalue weighted by Crippen LogP contribution is -2.33. The van der Waals surface area contributed by atoms with Crippen LogP contribution in [0.25, 0.3) is 0 Å². The number of rotatable bonds is 6. The molecule has 0 unspecified atom stereocenters. The van der Waals surface area contributed by atoms with Crippen molar-refractivity contribution < 1.29 is 9.53 Å². The molecule has 0 bridgehead atoms. The Morgan fingerprint density at radius 1 is 1.31 bits per heavy atom. The van der Waals surface area contributed by atoms with Gasteiger partial charge in [-0.3, -0.25) is 9.59 Å². The SMILES string of the molecule is COc1cn(CC(=O)N2CCc3ccccc32)c(CSc2nccn2C)cc1=O. The second-order valence-electron chi connectivity index (χ2n) is 6.86. The molecule has 3 aromatic rings. The Morgan fingerprint density at radius 3 is 2.90 bits per heavy atom. The summed E-state index contributed by atoms with van der Waals surface area (Å²) in [5, 5.41) is 0.847. The highest BCUT2D eigenvalue weighted by Crippen LogP contribution is 2.28. The Labute approximate surface area is 172 Å². The van der Waals surface area contributed by atoms with Crippen molar-refractivity contribution in [1.29, 1.82) is 0 Å². The van der Waals surface area contributed by atoms with E-state index in [1.54, 1.807) is 23.0 Å². The fourth-order valence-electron chi connectivity index (χ4n) is 3.48. The van der Waals surface area contributed by atoms with Crippen molar-refractivity contribution in [3.63, 3.8) is 0 Å². The molecule has 2 aromatic heterocycles. The topological polar surface area (TPSA) is 69.4 Å². The van der Waals surface area contributed by atoms with E-state index >= 15 is 0 Å². The van der Waals surface area contributed by atoms with Gasteiger partial charge in [0.1, 0.15) is 6.54 Å². The lowest BCUT2D eigenvalue weighted by molar-refractivity contribution is -0.119. The summed E-state index contributed by atoms with van der Waals surface area (Å²) in [6, 6.07) is 9.51. The minimum Gasteiger partial charge on any atom is -0.491 e. The molecule has 0 N–H and O–H groups in total. The van der Waals surface area contributed by atoms with Gasteiger partial charge in [-0.2, -0.15) is 0 Å². The summed E-state index contributed by atoms with van der Waals surface area (Å²) in [6.07, 6.45) is 6.09. The number of methoxy groups -OCH3 is 1. The van der Waals surface area contributed by atoms with Gasteiger partial charge in [-0.15, -0.1) is 0 Å². The molecule has 0 atom stereocenters. The Morgan fingerprint density at radius 2 is 2.14 bits per heavy atom. The van der Waals surface area contributed by atoms with Gasteiger partial charge >= 0.3 is 0 Å². The molecule has 0 saturated carbocycles. The van der Waals surface area contributed by atoms with Crippen molar-refractivity contribution in [2.75, 3.05) is 18.6 Å². The van der Waals surface area contributed by atoms with Crippen molar-refractivity contribution in [3.8, 4) is 5.75 Å². The van der Waals surface area contributed by atoms with Crippen LogP contribution in [-0.2, 0) is 30.6 Å². The van der Waals surface area contributed by atoms with E-state index in [4.69, 9.17) is 4.74 Å². The van der Waals surface area contributed by atoms with Crippen LogP contribution in [0.3, 0.4) is 0 Å². The number of carbonyl (C=O) groups excluding carboxylic acids is 1. The van der Waals surface area contributed by atoms with Crippen LogP contribution in [0.5, 0.6) is 5.75 Å². The number of thioether (sulfide) groups is 1. The molecular weight excluding hydrogens is 388 g/mol. The monoisotopic (exact) mass is 410 g/mol. The molecule has 0 aliphatic carbocycles. The summed E-state index contributed by atoms with van der Waals surface area (Å²) < 4.78 is 8.92. The van der Waals surface area contributed by atoms with E-state index in [1.165, 1.54) is 24.4 Å². The zero-order chi connectivity index (χ0) is 20.4. The highest BCUT2D eigenvalue weighted by atomic mass is 32.2. The van der Waals surface area contributed by atoms with Crippen molar-refractivity contribution >= 4 is 23.4 Å². The molecule has 1 amide bonds. The molecule has 29 heavy (non-hydrogen) atoms. The second-order valence-corrected chi connectivity index (χ2v) is 7.80. The number of fused-ring (bicyclic) bond motifs is 1. The minimum atomic E-state index is -0.196. The van der Waals surface area contributed by atoms with Crippen LogP contribution < -0.4 is 15.1 Å². The van der Waals surface area contributed by atoms with Crippen molar-refractivity contribution in [2.24, 2.45) is 7.05 Å². The van der Waals surface area contributed by atoms with Gasteiger partial charge in [-0.25, -0.2) is 4.98 Å². The second kappa shape index (κ2) is 8.16. The van der Waals surface area contributed by atoms with Crippen LogP contribution in [0.15, 0.2) is 58.9 Å². The maximum atomic E-state index is 13.1. The quantitative estimate of drug-likeness (QED) is 0.584. The highest BCUT2D eigenvalue weighted by Gasteiger charge is 2.24. The van der Waals surface area contributed by atoms with Crippen LogP contribution in [0.2, 0.25) is 0 Å². The van der Waals surface area contributed by atoms with Crippen LogP contribution in [0.1, 0.15) is 11.3 Å². The maximum absolute atomic E-state index is 13.1. The number of nitrogens with zero attached hydrogens (tertiary/aromatic N) is 4. The Bertz CT molecular complexity index is 1110. The third-order valence-electron chi connectivity index (χ3n) is 5.02. The van der Waals surface area contributed by atoms with Crippen molar-refractivity contribution in [2.45, 2.75) is 23.9 Å². The summed E-state index contributed by atoms with van der Waals surface area (Å²) in [5.41, 5.74) is 2.71. The third kappa shape index (κ3) is 3.93. The number of ether oxygens (including phenoxy) is 1. The number of aryl methyl sites for hydroxylation is 1. The first-order valence-electron chi connectivity index (χ1n) is 9.32. The lowest BCUT2D eigenvalue weighted by atomic mass is 10.2. The van der Waals surface area contributed by atoms with Crippen LogP contribution in [-0.4, -0.2) is 33.7 Å². The molecule has 0 saturated heterocycles. The number of aromatic nitrogens is 3. The summed E-state index contributed by atoms with van der Waals surface area (Å²) in [7, 11) is 3.38. The predicted molar refractivity (Wildman–Crippen MR) is 113 cm³/mol. The summed E-state index contributed by atoms with van der Waals surface area (Å²) >= 11 is 1.52. The van der Waals surface area contributed by atoms with E-state index in [1.807, 2.05) is 40.9 Å². The third-order valence-corrected chi connectivity index (χ3v) is 6.11. The van der Waals surface area contributed by atoms with Crippen molar-refractivity contribution in [1.82, 2.24) is 14.1 Å². The average molecular weight is 410 g/mol. The summed E-state index contributed by atoms with van der Waals surface area (Å²) in [5.74, 6) is 0.739. The molecule has 0 fully saturated rings. The highest BCUT2D eigenvalue weighted by molar-refractivity contribution is 7.98. The smallest absolute Gasteiger partial charge is 0.246 e. The van der Waals surface area contributed by atoms with E-state index in [2.05, 4.69) is 11.1 Å². The standard InChI is InChI=1S/C21H22N4O3S/c1-23-10-8-22-21(23)29-14-16-11-18(26)19(28-2)12-24(16)13-20(27)25-9-7-15-5-3-4-6-17(15)25/h3-6,8,10-12H,7,9,13-14H2,1-2H3. The number of carbonyl (C=O) groups is 1. The first kappa shape index (κ1) is 19.3. The lowest BCUT2D eigenvalue weighted by Gasteiger charge is -2.20. The van der Waals surface area contributed by atoms with Gasteiger partial charge in [-0.1, -0.05) is 30.0 Å². The summed E-state index contributed by atoms with van der Waals surface area (Å²) in [6.45, 7) is 0.814. The Balaban J connectivity index is 1.59. The van der Waals surface area contributed by atoms with Gasteiger partial charge < -0.3 is 18.8 Å². The van der Waals surface area contributed by atoms with E-state index in [-0.39, 0.29) is 23.6 Å². The average Bonchev–Trinajstić information content (AvgIpc) is 3.33. The molecule has 1 aliphatic heterocycles. The molecule has 7 nitrogen and oxygen atoms in total. The number of para-hydroxylation sites is 1. The maximum Gasteiger partial charge on any atom is 0.246 e. The fraction of sp³-hybridized carbons (Fsp3) is 0.286. The number of pyridine rings is 1. The van der Waals surface area contributed by atoms with Crippen LogP contribution in [0, 0.1) is 0 Å². The van der Waals surface area contributed by atoms with Gasteiger partial charge in [0.05, 0.1) is 13.3 Å². The molecule has 4 rings (SSSR count). The normalized spacial score (nSPS) is 12.8. The Kier molecular flexibility index (Phi) is 5.44. The Hall–Kier alpha value is -3.00. The molecule has 0 spiro atoms. The number of hydrogen-bond acceptors (Lipinski definition) is 5. The number of imidazole rings is 1. The first-order valence-corrected chi connectivity index (χ1v) is 10.3. The molecule has 8 heteroatoms. The number of anilines is 1. The predicted octanol–water partition coefficient (Wildman–Crippen LogP) is 2.47. The van der Waals surface area contributed by atoms with E-state index in [0.29, 0.717) is 12.3 Å². The molecule has 0 radical (unpaired) electrons. The molecule has 1 aliphatic rings. The van der Waals surface area contributed by atoms with Crippen LogP contribution >= 0.6 is 11.8 Å². The molecule has 3 heterocycles. The van der Waals surface area contributed by atoms with Gasteiger partial charge in [-0.05, 0) is 18.1 Å². The largest absolute Gasteiger partial charge is 0.491 e. The number of hydrogen-bond donors (Lipinski definition) is 0. The zero-order valence-corrected chi connectivity index (χ0v) is 17.2. The first-order chi connectivity index (χ1) is 14.1.